The lowest BCUT2D eigenvalue weighted by Gasteiger charge is -2.35. The summed E-state index contributed by atoms with van der Waals surface area (Å²) in [5, 5.41) is 13.2. The summed E-state index contributed by atoms with van der Waals surface area (Å²) in [4.78, 5) is 25.0. The van der Waals surface area contributed by atoms with Crippen molar-refractivity contribution in [1.29, 1.82) is 0 Å². The van der Waals surface area contributed by atoms with E-state index in [1.807, 2.05) is 19.0 Å². The van der Waals surface area contributed by atoms with Gasteiger partial charge >= 0.3 is 5.97 Å². The van der Waals surface area contributed by atoms with Crippen molar-refractivity contribution in [2.24, 2.45) is 5.92 Å². The molecule has 20 heavy (non-hydrogen) atoms. The van der Waals surface area contributed by atoms with Crippen LogP contribution in [0, 0.1) is 5.92 Å². The third-order valence-electron chi connectivity index (χ3n) is 3.85. The summed E-state index contributed by atoms with van der Waals surface area (Å²) in [6.45, 7) is 0.946. The molecule has 1 fully saturated rings. The lowest BCUT2D eigenvalue weighted by atomic mass is 9.79. The molecular weight excluding hydrogens is 260 g/mol. The number of amides is 1. The molecule has 1 rings (SSSR count). The average molecular weight is 286 g/mol. The maximum atomic E-state index is 11.6. The Kier molecular flexibility index (Phi) is 6.42. The fraction of sp³-hybridized carbons (Fsp3) is 0.857. The Balaban J connectivity index is 2.30. The Bertz CT molecular complexity index is 336. The van der Waals surface area contributed by atoms with Crippen LogP contribution in [-0.2, 0) is 14.3 Å². The van der Waals surface area contributed by atoms with Crippen molar-refractivity contribution in [3.63, 3.8) is 0 Å². The third kappa shape index (κ3) is 5.46. The summed E-state index contributed by atoms with van der Waals surface area (Å²) in [7, 11) is 5.21. The van der Waals surface area contributed by atoms with Gasteiger partial charge in [-0.2, -0.15) is 0 Å². The van der Waals surface area contributed by atoms with Gasteiger partial charge in [-0.1, -0.05) is 0 Å². The molecular formula is C14H26N2O4. The highest BCUT2D eigenvalue weighted by Gasteiger charge is 2.36. The predicted molar refractivity (Wildman–Crippen MR) is 75.1 cm³/mol. The molecule has 0 unspecified atom stereocenters. The van der Waals surface area contributed by atoms with Gasteiger partial charge in [0.25, 0.3) is 0 Å². The number of hydrogen-bond acceptors (Lipinski definition) is 5. The number of ether oxygens (including phenoxy) is 1. The minimum absolute atomic E-state index is 0.0535. The zero-order chi connectivity index (χ0) is 15.2. The van der Waals surface area contributed by atoms with Crippen molar-refractivity contribution in [3.8, 4) is 0 Å². The molecule has 1 amide bonds. The first-order valence-corrected chi connectivity index (χ1v) is 7.08. The Morgan fingerprint density at radius 1 is 1.35 bits per heavy atom. The fourth-order valence-electron chi connectivity index (χ4n) is 2.41. The summed E-state index contributed by atoms with van der Waals surface area (Å²) in [6.07, 6.45) is 2.67. The number of nitrogens with zero attached hydrogens (tertiary/aromatic N) is 1. The Hall–Kier alpha value is -1.14. The molecule has 6 nitrogen and oxygen atoms in total. The third-order valence-corrected chi connectivity index (χ3v) is 3.85. The maximum Gasteiger partial charge on any atom is 0.308 e. The molecule has 1 saturated carbocycles. The van der Waals surface area contributed by atoms with Gasteiger partial charge in [0.15, 0.2) is 0 Å². The highest BCUT2D eigenvalue weighted by Crippen LogP contribution is 2.32. The number of aliphatic hydroxyl groups is 1. The number of esters is 1. The molecule has 0 bridgehead atoms. The molecule has 1 aliphatic carbocycles. The molecule has 0 aromatic heterocycles. The van der Waals surface area contributed by atoms with Crippen LogP contribution in [0.15, 0.2) is 0 Å². The van der Waals surface area contributed by atoms with Gasteiger partial charge in [-0.25, -0.2) is 0 Å². The van der Waals surface area contributed by atoms with Crippen molar-refractivity contribution >= 4 is 11.9 Å². The average Bonchev–Trinajstić information content (AvgIpc) is 2.43. The number of carbonyl (C=O) groups excluding carboxylic acids is 2. The van der Waals surface area contributed by atoms with E-state index < -0.39 is 5.60 Å². The van der Waals surface area contributed by atoms with E-state index in [4.69, 9.17) is 4.74 Å². The van der Waals surface area contributed by atoms with Crippen LogP contribution in [0.5, 0.6) is 0 Å². The van der Waals surface area contributed by atoms with Crippen LogP contribution in [-0.4, -0.2) is 61.8 Å². The summed E-state index contributed by atoms with van der Waals surface area (Å²) in [5.74, 6) is -0.381. The quantitative estimate of drug-likeness (QED) is 0.680. The van der Waals surface area contributed by atoms with Gasteiger partial charge in [0, 0.05) is 19.5 Å². The first-order chi connectivity index (χ1) is 9.36. The molecule has 0 atom stereocenters. The Morgan fingerprint density at radius 2 is 1.95 bits per heavy atom. The molecule has 6 heteroatoms. The second kappa shape index (κ2) is 7.59. The standard InChI is InChI=1S/C14H26N2O4/c1-16(2)9-6-12(17)15-10-14(19)7-4-11(5-8-14)13(18)20-3/h11,19H,4-10H2,1-3H3,(H,15,17). The molecule has 2 N–H and O–H groups in total. The van der Waals surface area contributed by atoms with Gasteiger partial charge in [-0.15, -0.1) is 0 Å². The van der Waals surface area contributed by atoms with Crippen LogP contribution in [0.1, 0.15) is 32.1 Å². The zero-order valence-corrected chi connectivity index (χ0v) is 12.6. The van der Waals surface area contributed by atoms with Gasteiger partial charge in [-0.05, 0) is 39.8 Å². The number of nitrogens with one attached hydrogen (secondary N) is 1. The number of rotatable bonds is 6. The van der Waals surface area contributed by atoms with E-state index >= 15 is 0 Å². The van der Waals surface area contributed by atoms with Gasteiger partial charge in [0.05, 0.1) is 18.6 Å². The van der Waals surface area contributed by atoms with Crippen molar-refractivity contribution in [2.75, 3.05) is 34.3 Å². The molecule has 0 saturated heterocycles. The molecule has 0 radical (unpaired) electrons. The Labute approximate surface area is 120 Å². The van der Waals surface area contributed by atoms with E-state index in [1.54, 1.807) is 0 Å². The van der Waals surface area contributed by atoms with Crippen molar-refractivity contribution in [1.82, 2.24) is 10.2 Å². The molecule has 0 aliphatic heterocycles. The van der Waals surface area contributed by atoms with E-state index in [2.05, 4.69) is 5.32 Å². The van der Waals surface area contributed by atoms with Crippen molar-refractivity contribution in [3.05, 3.63) is 0 Å². The second-order valence-electron chi connectivity index (χ2n) is 5.85. The highest BCUT2D eigenvalue weighted by atomic mass is 16.5. The number of carbonyl (C=O) groups is 2. The SMILES string of the molecule is COC(=O)C1CCC(O)(CNC(=O)CCN(C)C)CC1. The first-order valence-electron chi connectivity index (χ1n) is 7.08. The molecule has 116 valence electrons. The number of hydrogen-bond donors (Lipinski definition) is 2. The van der Waals surface area contributed by atoms with Crippen LogP contribution >= 0.6 is 0 Å². The van der Waals surface area contributed by atoms with Gasteiger partial charge in [0.2, 0.25) is 5.91 Å². The van der Waals surface area contributed by atoms with Gasteiger partial charge in [0.1, 0.15) is 0 Å². The molecule has 0 heterocycles. The van der Waals surface area contributed by atoms with E-state index in [1.165, 1.54) is 7.11 Å². The molecule has 0 aromatic carbocycles. The van der Waals surface area contributed by atoms with E-state index in [-0.39, 0.29) is 24.3 Å². The summed E-state index contributed by atoms with van der Waals surface area (Å²) in [6, 6.07) is 0. The normalized spacial score (nSPS) is 26.4. The van der Waals surface area contributed by atoms with Gasteiger partial charge < -0.3 is 20.1 Å². The van der Waals surface area contributed by atoms with E-state index in [0.29, 0.717) is 38.6 Å². The van der Waals surface area contributed by atoms with E-state index in [0.717, 1.165) is 0 Å². The van der Waals surface area contributed by atoms with Crippen molar-refractivity contribution in [2.45, 2.75) is 37.7 Å². The van der Waals surface area contributed by atoms with Gasteiger partial charge in [-0.3, -0.25) is 9.59 Å². The summed E-state index contributed by atoms with van der Waals surface area (Å²) >= 11 is 0. The van der Waals surface area contributed by atoms with E-state index in [9.17, 15) is 14.7 Å². The van der Waals surface area contributed by atoms with Crippen LogP contribution in [0.2, 0.25) is 0 Å². The minimum Gasteiger partial charge on any atom is -0.469 e. The predicted octanol–water partition coefficient (Wildman–Crippen LogP) is 0.149. The van der Waals surface area contributed by atoms with Crippen LogP contribution < -0.4 is 5.32 Å². The summed E-state index contributed by atoms with van der Waals surface area (Å²) < 4.78 is 4.72. The molecule has 1 aliphatic rings. The highest BCUT2D eigenvalue weighted by molar-refractivity contribution is 5.76. The topological polar surface area (TPSA) is 78.9 Å². The first kappa shape index (κ1) is 16.9. The monoisotopic (exact) mass is 286 g/mol. The summed E-state index contributed by atoms with van der Waals surface area (Å²) in [5.41, 5.74) is -0.891. The van der Waals surface area contributed by atoms with Crippen molar-refractivity contribution < 1.29 is 19.4 Å². The smallest absolute Gasteiger partial charge is 0.308 e. The lowest BCUT2D eigenvalue weighted by molar-refractivity contribution is -0.148. The van der Waals surface area contributed by atoms with Crippen LogP contribution in [0.4, 0.5) is 0 Å². The fourth-order valence-corrected chi connectivity index (χ4v) is 2.41. The molecule has 0 aromatic rings. The number of methoxy groups -OCH3 is 1. The van der Waals surface area contributed by atoms with Crippen LogP contribution in [0.3, 0.4) is 0 Å². The minimum atomic E-state index is -0.891. The molecule has 0 spiro atoms. The Morgan fingerprint density at radius 3 is 2.45 bits per heavy atom. The zero-order valence-electron chi connectivity index (χ0n) is 12.6. The lowest BCUT2D eigenvalue weighted by Crippen LogP contribution is -2.46. The van der Waals surface area contributed by atoms with Crippen LogP contribution in [0.25, 0.3) is 0 Å². The maximum absolute atomic E-state index is 11.6. The second-order valence-corrected chi connectivity index (χ2v) is 5.85. The largest absolute Gasteiger partial charge is 0.469 e.